The van der Waals surface area contributed by atoms with Crippen molar-refractivity contribution in [3.63, 3.8) is 0 Å². The monoisotopic (exact) mass is 313 g/mol. The van der Waals surface area contributed by atoms with Crippen LogP contribution in [0.4, 0.5) is 0 Å². The van der Waals surface area contributed by atoms with Crippen LogP contribution in [0.2, 0.25) is 0 Å². The van der Waals surface area contributed by atoms with Gasteiger partial charge in [0.05, 0.1) is 0 Å². The molecule has 0 amide bonds. The van der Waals surface area contributed by atoms with Crippen molar-refractivity contribution in [3.05, 3.63) is 24.3 Å². The molecule has 0 aromatic heterocycles. The van der Waals surface area contributed by atoms with Crippen LogP contribution in [0, 0.1) is 0 Å². The second kappa shape index (κ2) is 16.2. The number of allylic oxidation sites excluding steroid dienone is 3. The maximum atomic E-state index is 10.3. The molecule has 0 aliphatic carbocycles. The Morgan fingerprint density at radius 2 is 1.86 bits per heavy atom. The third-order valence-corrected chi connectivity index (χ3v) is 3.39. The van der Waals surface area contributed by atoms with Crippen LogP contribution < -0.4 is 0 Å². The van der Waals surface area contributed by atoms with Gasteiger partial charge >= 0.3 is 5.97 Å². The number of unbranched alkanes of at least 4 members (excludes halogenated alkanes) is 6. The van der Waals surface area contributed by atoms with Gasteiger partial charge in [-0.2, -0.15) is 0 Å². The summed E-state index contributed by atoms with van der Waals surface area (Å²) in [6.07, 6.45) is 15.5. The number of hydrogen-bond acceptors (Lipinski definition) is 3. The Balaban J connectivity index is 3.68. The number of hydrogen-bond donors (Lipinski definition) is 2. The highest BCUT2D eigenvalue weighted by molar-refractivity contribution is 5.66. The van der Waals surface area contributed by atoms with E-state index in [1.54, 1.807) is 6.08 Å². The molecule has 2 atom stereocenters. The first-order valence-corrected chi connectivity index (χ1v) is 8.39. The SMILES string of the molecule is [2H][C@H](CCCC)[C@@H](/C=C/C=C\CCCCCCCC(=O)O)OO. The highest BCUT2D eigenvalue weighted by atomic mass is 17.1. The van der Waals surface area contributed by atoms with Crippen molar-refractivity contribution >= 4 is 5.97 Å². The third kappa shape index (κ3) is 15.3. The molecule has 128 valence electrons. The van der Waals surface area contributed by atoms with Crippen molar-refractivity contribution in [1.29, 1.82) is 0 Å². The minimum absolute atomic E-state index is 0.272. The standard InChI is InChI=1S/C18H32O4/c1-2-3-11-14-17(22-21)15-12-9-7-5-4-6-8-10-13-16-18(19)20/h7,9,12,15,17,21H,2-6,8,10-11,13-14,16H2,1H3,(H,19,20)/b9-7-,15-12+/t17-/m0/s1/i14D/t14-,17+/m1. The Kier molecular flexibility index (Phi) is 14.0. The van der Waals surface area contributed by atoms with Crippen molar-refractivity contribution in [1.82, 2.24) is 0 Å². The van der Waals surface area contributed by atoms with Gasteiger partial charge in [-0.3, -0.25) is 10.1 Å². The maximum Gasteiger partial charge on any atom is 0.303 e. The van der Waals surface area contributed by atoms with Crippen LogP contribution >= 0.6 is 0 Å². The molecule has 0 aromatic carbocycles. The Morgan fingerprint density at radius 1 is 1.14 bits per heavy atom. The van der Waals surface area contributed by atoms with Crippen molar-refractivity contribution in [3.8, 4) is 0 Å². The summed E-state index contributed by atoms with van der Waals surface area (Å²) in [6.45, 7) is 2.08. The summed E-state index contributed by atoms with van der Waals surface area (Å²) >= 11 is 0. The quantitative estimate of drug-likeness (QED) is 0.185. The molecular weight excluding hydrogens is 280 g/mol. The smallest absolute Gasteiger partial charge is 0.303 e. The average molecular weight is 313 g/mol. The fraction of sp³-hybridized carbons (Fsp3) is 0.722. The number of rotatable bonds is 15. The van der Waals surface area contributed by atoms with Gasteiger partial charge in [0.25, 0.3) is 0 Å². The zero-order valence-electron chi connectivity index (χ0n) is 14.7. The molecule has 0 aromatic rings. The molecule has 4 heteroatoms. The lowest BCUT2D eigenvalue weighted by molar-refractivity contribution is -0.267. The molecule has 0 rings (SSSR count). The fourth-order valence-corrected chi connectivity index (χ4v) is 2.06. The van der Waals surface area contributed by atoms with Gasteiger partial charge in [-0.05, 0) is 25.7 Å². The molecule has 0 bridgehead atoms. The second-order valence-corrected chi connectivity index (χ2v) is 5.46. The van der Waals surface area contributed by atoms with E-state index in [0.717, 1.165) is 57.8 Å². The van der Waals surface area contributed by atoms with Gasteiger partial charge in [-0.15, -0.1) is 0 Å². The highest BCUT2D eigenvalue weighted by Crippen LogP contribution is 2.09. The molecule has 2 N–H and O–H groups in total. The van der Waals surface area contributed by atoms with Gasteiger partial charge in [-0.1, -0.05) is 69.8 Å². The molecular formula is C18H32O4. The molecule has 0 saturated carbocycles. The van der Waals surface area contributed by atoms with Crippen LogP contribution in [-0.2, 0) is 9.68 Å². The first-order valence-electron chi connectivity index (χ1n) is 8.97. The summed E-state index contributed by atoms with van der Waals surface area (Å²) in [5.41, 5.74) is 0. The lowest BCUT2D eigenvalue weighted by atomic mass is 10.1. The number of carboxylic acid groups (broad SMARTS) is 1. The molecule has 0 unspecified atom stereocenters. The molecule has 22 heavy (non-hydrogen) atoms. The molecule has 0 spiro atoms. The lowest BCUT2D eigenvalue weighted by Gasteiger charge is -2.07. The van der Waals surface area contributed by atoms with Crippen LogP contribution in [-0.4, -0.2) is 22.4 Å². The van der Waals surface area contributed by atoms with Gasteiger partial charge < -0.3 is 5.11 Å². The molecule has 0 radical (unpaired) electrons. The number of carboxylic acids is 1. The maximum absolute atomic E-state index is 10.3. The van der Waals surface area contributed by atoms with Crippen LogP contribution in [0.25, 0.3) is 0 Å². The highest BCUT2D eigenvalue weighted by Gasteiger charge is 2.02. The summed E-state index contributed by atoms with van der Waals surface area (Å²) in [5.74, 6) is -0.713. The van der Waals surface area contributed by atoms with E-state index in [1.807, 2.05) is 12.2 Å². The van der Waals surface area contributed by atoms with Crippen LogP contribution in [0.3, 0.4) is 0 Å². The predicted octanol–water partition coefficient (Wildman–Crippen LogP) is 5.35. The molecule has 0 heterocycles. The zero-order valence-corrected chi connectivity index (χ0v) is 13.7. The normalized spacial score (nSPS) is 15.3. The zero-order chi connectivity index (χ0) is 17.3. The van der Waals surface area contributed by atoms with E-state index in [1.165, 1.54) is 0 Å². The van der Waals surface area contributed by atoms with Crippen LogP contribution in [0.1, 0.15) is 78.9 Å². The van der Waals surface area contributed by atoms with Crippen molar-refractivity contribution in [2.24, 2.45) is 0 Å². The van der Waals surface area contributed by atoms with Gasteiger partial charge in [0.15, 0.2) is 0 Å². The van der Waals surface area contributed by atoms with E-state index >= 15 is 0 Å². The van der Waals surface area contributed by atoms with Crippen molar-refractivity contribution < 1.29 is 21.4 Å². The van der Waals surface area contributed by atoms with E-state index in [2.05, 4.69) is 17.9 Å². The lowest BCUT2D eigenvalue weighted by Crippen LogP contribution is -2.06. The van der Waals surface area contributed by atoms with E-state index in [-0.39, 0.29) is 6.42 Å². The summed E-state index contributed by atoms with van der Waals surface area (Å²) < 4.78 is 7.89. The topological polar surface area (TPSA) is 66.8 Å². The van der Waals surface area contributed by atoms with Gasteiger partial charge in [0.1, 0.15) is 6.10 Å². The number of carbonyl (C=O) groups is 1. The van der Waals surface area contributed by atoms with Crippen LogP contribution in [0.5, 0.6) is 0 Å². The Hall–Kier alpha value is -1.13. The molecule has 0 aliphatic rings. The van der Waals surface area contributed by atoms with Crippen molar-refractivity contribution in [2.45, 2.75) is 83.6 Å². The minimum Gasteiger partial charge on any atom is -0.481 e. The first-order chi connectivity index (χ1) is 11.1. The van der Waals surface area contributed by atoms with Gasteiger partial charge in [0.2, 0.25) is 0 Å². The largest absolute Gasteiger partial charge is 0.481 e. The first kappa shape index (κ1) is 18.9. The summed E-state index contributed by atoms with van der Waals surface area (Å²) in [4.78, 5) is 14.7. The van der Waals surface area contributed by atoms with E-state index in [0.29, 0.717) is 0 Å². The van der Waals surface area contributed by atoms with Gasteiger partial charge in [0, 0.05) is 7.79 Å². The van der Waals surface area contributed by atoms with Crippen LogP contribution in [0.15, 0.2) is 24.3 Å². The predicted molar refractivity (Wildman–Crippen MR) is 89.9 cm³/mol. The van der Waals surface area contributed by atoms with Gasteiger partial charge in [-0.25, -0.2) is 4.89 Å². The minimum atomic E-state index is -0.713. The molecule has 0 aliphatic heterocycles. The fourth-order valence-electron chi connectivity index (χ4n) is 2.06. The van der Waals surface area contributed by atoms with E-state index in [9.17, 15) is 4.79 Å². The Bertz CT molecular complexity index is 342. The average Bonchev–Trinajstić information content (AvgIpc) is 2.53. The Labute approximate surface area is 136 Å². The Morgan fingerprint density at radius 3 is 2.55 bits per heavy atom. The second-order valence-electron chi connectivity index (χ2n) is 5.46. The van der Waals surface area contributed by atoms with Crippen molar-refractivity contribution in [2.75, 3.05) is 0 Å². The summed E-state index contributed by atoms with van der Waals surface area (Å²) in [6, 6.07) is 0. The third-order valence-electron chi connectivity index (χ3n) is 3.39. The summed E-state index contributed by atoms with van der Waals surface area (Å²) in [7, 11) is 0. The molecule has 0 saturated heterocycles. The van der Waals surface area contributed by atoms with E-state index in [4.69, 9.17) is 11.7 Å². The van der Waals surface area contributed by atoms with E-state index < -0.39 is 18.5 Å². The molecule has 4 nitrogen and oxygen atoms in total. The number of aliphatic carboxylic acids is 1. The molecule has 0 fully saturated rings. The summed E-state index contributed by atoms with van der Waals surface area (Å²) in [5, 5.41) is 17.4.